The Hall–Kier alpha value is -1.57. The minimum atomic E-state index is 0. The van der Waals surface area contributed by atoms with Crippen LogP contribution in [0.25, 0.3) is 21.5 Å². The van der Waals surface area contributed by atoms with Gasteiger partial charge < -0.3 is 4.74 Å². The lowest BCUT2D eigenvalue weighted by Gasteiger charge is -2.18. The summed E-state index contributed by atoms with van der Waals surface area (Å²) >= 11 is 0. The van der Waals surface area contributed by atoms with Gasteiger partial charge in [-0.2, -0.15) is 0 Å². The van der Waals surface area contributed by atoms with Gasteiger partial charge in [0.1, 0.15) is 0 Å². The quantitative estimate of drug-likeness (QED) is 0.351. The molecular weight excluding hydrogens is 340 g/mol. The maximum absolute atomic E-state index is 5.13. The average molecular weight is 371 g/mol. The van der Waals surface area contributed by atoms with Crippen LogP contribution >= 0.6 is 12.4 Å². The molecule has 0 amide bonds. The van der Waals surface area contributed by atoms with E-state index in [2.05, 4.69) is 62.4 Å². The highest BCUT2D eigenvalue weighted by molar-refractivity contribution is 6.08. The summed E-state index contributed by atoms with van der Waals surface area (Å²) in [4.78, 5) is 0. The number of benzene rings is 3. The molecule has 2 heteroatoms. The van der Waals surface area contributed by atoms with E-state index in [9.17, 15) is 0 Å². The molecule has 1 nitrogen and oxygen atoms in total. The Bertz CT molecular complexity index is 821. The van der Waals surface area contributed by atoms with Crippen LogP contribution in [-0.2, 0) is 17.6 Å². The van der Waals surface area contributed by atoms with Gasteiger partial charge in [0.25, 0.3) is 0 Å². The normalized spacial score (nSPS) is 12.8. The molecule has 140 valence electrons. The van der Waals surface area contributed by atoms with E-state index in [1.807, 2.05) is 0 Å². The second-order valence-electron chi connectivity index (χ2n) is 6.90. The van der Waals surface area contributed by atoms with E-state index in [0.717, 1.165) is 26.1 Å². The van der Waals surface area contributed by atoms with Crippen LogP contribution in [0, 0.1) is 0 Å². The zero-order valence-electron chi connectivity index (χ0n) is 16.1. The third kappa shape index (κ3) is 4.78. The van der Waals surface area contributed by atoms with Crippen molar-refractivity contribution in [3.8, 4) is 0 Å². The van der Waals surface area contributed by atoms with Crippen molar-refractivity contribution in [2.24, 2.45) is 0 Å². The monoisotopic (exact) mass is 370 g/mol. The van der Waals surface area contributed by atoms with Gasteiger partial charge in [-0.1, -0.05) is 62.4 Å². The van der Waals surface area contributed by atoms with E-state index in [1.165, 1.54) is 47.2 Å². The van der Waals surface area contributed by atoms with Crippen LogP contribution in [0.2, 0.25) is 0 Å². The topological polar surface area (TPSA) is 9.23 Å². The SMILES string of the molecule is CCCOCCC.Cl.c1ccc2c(c1)ccc1c3c(ccc12)CCCC3. The number of rotatable bonds is 4. The number of ether oxygens (including phenoxy) is 1. The summed E-state index contributed by atoms with van der Waals surface area (Å²) in [5, 5.41) is 5.64. The van der Waals surface area contributed by atoms with Gasteiger partial charge in [0.2, 0.25) is 0 Å². The van der Waals surface area contributed by atoms with Crippen LogP contribution in [0.5, 0.6) is 0 Å². The van der Waals surface area contributed by atoms with E-state index in [1.54, 1.807) is 11.1 Å². The van der Waals surface area contributed by atoms with Crippen LogP contribution in [0.4, 0.5) is 0 Å². The minimum Gasteiger partial charge on any atom is -0.381 e. The Labute approximate surface area is 164 Å². The van der Waals surface area contributed by atoms with Crippen molar-refractivity contribution in [1.29, 1.82) is 0 Å². The van der Waals surface area contributed by atoms with Gasteiger partial charge in [-0.3, -0.25) is 0 Å². The predicted molar refractivity (Wildman–Crippen MR) is 117 cm³/mol. The summed E-state index contributed by atoms with van der Waals surface area (Å²) in [5.41, 5.74) is 3.17. The van der Waals surface area contributed by atoms with Gasteiger partial charge in [-0.15, -0.1) is 12.4 Å². The molecule has 0 fully saturated rings. The Balaban J connectivity index is 0.000000265. The number of hydrogen-bond donors (Lipinski definition) is 0. The molecule has 0 aliphatic heterocycles. The summed E-state index contributed by atoms with van der Waals surface area (Å²) in [6, 6.07) is 18.0. The number of fused-ring (bicyclic) bond motifs is 5. The zero-order valence-corrected chi connectivity index (χ0v) is 16.9. The molecule has 0 atom stereocenters. The maximum Gasteiger partial charge on any atom is 0.0463 e. The molecule has 0 unspecified atom stereocenters. The van der Waals surface area contributed by atoms with Crippen LogP contribution in [0.3, 0.4) is 0 Å². The number of halogens is 1. The van der Waals surface area contributed by atoms with Gasteiger partial charge >= 0.3 is 0 Å². The Morgan fingerprint density at radius 2 is 1.42 bits per heavy atom. The Kier molecular flexibility index (Phi) is 8.41. The van der Waals surface area contributed by atoms with Crippen LogP contribution in [0.1, 0.15) is 50.7 Å². The van der Waals surface area contributed by atoms with E-state index in [0.29, 0.717) is 0 Å². The molecule has 4 rings (SSSR count). The highest BCUT2D eigenvalue weighted by atomic mass is 35.5. The molecule has 0 radical (unpaired) electrons. The predicted octanol–water partition coefficient (Wildman–Crippen LogP) is 7.12. The lowest BCUT2D eigenvalue weighted by atomic mass is 9.86. The molecule has 3 aromatic rings. The first kappa shape index (κ1) is 20.7. The van der Waals surface area contributed by atoms with Gasteiger partial charge in [-0.25, -0.2) is 0 Å². The molecule has 1 aliphatic rings. The fraction of sp³-hybridized carbons (Fsp3) is 0.417. The Morgan fingerprint density at radius 3 is 2.19 bits per heavy atom. The summed E-state index contributed by atoms with van der Waals surface area (Å²) in [6.07, 6.45) is 7.49. The number of aryl methyl sites for hydroxylation is 2. The lowest BCUT2D eigenvalue weighted by molar-refractivity contribution is 0.135. The first-order valence-electron chi connectivity index (χ1n) is 9.85. The lowest BCUT2D eigenvalue weighted by Crippen LogP contribution is -2.02. The molecule has 3 aromatic carbocycles. The van der Waals surface area contributed by atoms with Crippen LogP contribution in [-0.4, -0.2) is 13.2 Å². The second-order valence-corrected chi connectivity index (χ2v) is 6.90. The van der Waals surface area contributed by atoms with Crippen molar-refractivity contribution in [1.82, 2.24) is 0 Å². The fourth-order valence-electron chi connectivity index (χ4n) is 3.73. The molecule has 0 saturated heterocycles. The van der Waals surface area contributed by atoms with Crippen LogP contribution < -0.4 is 0 Å². The second kappa shape index (κ2) is 10.5. The molecule has 0 N–H and O–H groups in total. The molecular formula is C24H31ClO. The van der Waals surface area contributed by atoms with Crippen molar-refractivity contribution in [3.63, 3.8) is 0 Å². The molecule has 0 heterocycles. The van der Waals surface area contributed by atoms with E-state index in [-0.39, 0.29) is 12.4 Å². The highest BCUT2D eigenvalue weighted by Gasteiger charge is 2.13. The number of hydrogen-bond acceptors (Lipinski definition) is 1. The van der Waals surface area contributed by atoms with Crippen molar-refractivity contribution >= 4 is 34.0 Å². The van der Waals surface area contributed by atoms with Gasteiger partial charge in [0.05, 0.1) is 0 Å². The summed E-state index contributed by atoms with van der Waals surface area (Å²) in [5.74, 6) is 0. The maximum atomic E-state index is 5.13. The summed E-state index contributed by atoms with van der Waals surface area (Å²) in [7, 11) is 0. The standard InChI is InChI=1S/C18H16.C6H14O.ClH/c1-3-7-15-13(5-1)9-11-18-16-8-4-2-6-14(16)10-12-17(15)18;1-3-5-7-6-4-2;/h1,3,5,7,9-12H,2,4,6,8H2;3-6H2,1-2H3;1H. The largest absolute Gasteiger partial charge is 0.381 e. The summed E-state index contributed by atoms with van der Waals surface area (Å²) < 4.78 is 5.13. The molecule has 0 saturated carbocycles. The first-order chi connectivity index (χ1) is 12.3. The van der Waals surface area contributed by atoms with Crippen molar-refractivity contribution in [3.05, 3.63) is 59.7 Å². The van der Waals surface area contributed by atoms with Gasteiger partial charge in [-0.05, 0) is 71.2 Å². The smallest absolute Gasteiger partial charge is 0.0463 e. The molecule has 0 spiro atoms. The first-order valence-corrected chi connectivity index (χ1v) is 9.85. The van der Waals surface area contributed by atoms with Crippen molar-refractivity contribution in [2.75, 3.05) is 13.2 Å². The molecule has 26 heavy (non-hydrogen) atoms. The van der Waals surface area contributed by atoms with Crippen LogP contribution in [0.15, 0.2) is 48.5 Å². The average Bonchev–Trinajstić information content (AvgIpc) is 2.68. The van der Waals surface area contributed by atoms with Crippen molar-refractivity contribution < 1.29 is 4.74 Å². The molecule has 0 aromatic heterocycles. The van der Waals surface area contributed by atoms with E-state index in [4.69, 9.17) is 4.74 Å². The molecule has 1 aliphatic carbocycles. The third-order valence-electron chi connectivity index (χ3n) is 4.95. The highest BCUT2D eigenvalue weighted by Crippen LogP contribution is 2.33. The van der Waals surface area contributed by atoms with E-state index < -0.39 is 0 Å². The van der Waals surface area contributed by atoms with Gasteiger partial charge in [0.15, 0.2) is 0 Å². The third-order valence-corrected chi connectivity index (χ3v) is 4.95. The van der Waals surface area contributed by atoms with E-state index >= 15 is 0 Å². The Morgan fingerprint density at radius 1 is 0.731 bits per heavy atom. The summed E-state index contributed by atoms with van der Waals surface area (Å²) in [6.45, 7) is 6.09. The van der Waals surface area contributed by atoms with Crippen molar-refractivity contribution in [2.45, 2.75) is 52.4 Å². The minimum absolute atomic E-state index is 0. The molecule has 0 bridgehead atoms. The zero-order chi connectivity index (χ0) is 17.5. The fourth-order valence-corrected chi connectivity index (χ4v) is 3.73. The van der Waals surface area contributed by atoms with Gasteiger partial charge in [0, 0.05) is 13.2 Å².